The van der Waals surface area contributed by atoms with Crippen LogP contribution >= 0.6 is 0 Å². The number of carbonyl (C=O) groups is 1. The van der Waals surface area contributed by atoms with Crippen LogP contribution < -0.4 is 4.74 Å². The third-order valence-electron chi connectivity index (χ3n) is 5.78. The summed E-state index contributed by atoms with van der Waals surface area (Å²) in [5, 5.41) is 20.3. The van der Waals surface area contributed by atoms with Gasteiger partial charge in [-0.3, -0.25) is 4.79 Å². The van der Waals surface area contributed by atoms with Crippen molar-refractivity contribution in [3.8, 4) is 16.9 Å². The number of piperidine rings is 1. The molecule has 0 radical (unpaired) electrons. The van der Waals surface area contributed by atoms with Crippen LogP contribution in [0.4, 0.5) is 0 Å². The molecule has 0 bridgehead atoms. The third kappa shape index (κ3) is 3.91. The van der Waals surface area contributed by atoms with Crippen molar-refractivity contribution in [2.75, 3.05) is 26.8 Å². The summed E-state index contributed by atoms with van der Waals surface area (Å²) in [6.45, 7) is 2.80. The minimum atomic E-state index is -0.625. The van der Waals surface area contributed by atoms with Crippen molar-refractivity contribution < 1.29 is 19.7 Å². The molecule has 2 aromatic rings. The number of benzene rings is 2. The highest BCUT2D eigenvalue weighted by atomic mass is 16.5. The van der Waals surface area contributed by atoms with Gasteiger partial charge < -0.3 is 19.8 Å². The smallest absolute Gasteiger partial charge is 0.253 e. The van der Waals surface area contributed by atoms with Crippen molar-refractivity contribution >= 4 is 5.91 Å². The number of amides is 1. The topological polar surface area (TPSA) is 70.0 Å². The number of carbonyl (C=O) groups excluding carboxylic acids is 1. The summed E-state index contributed by atoms with van der Waals surface area (Å²) in [4.78, 5) is 14.8. The van der Waals surface area contributed by atoms with Gasteiger partial charge in [0.05, 0.1) is 19.8 Å². The summed E-state index contributed by atoms with van der Waals surface area (Å²) in [6, 6.07) is 15.3. The van der Waals surface area contributed by atoms with Gasteiger partial charge >= 0.3 is 0 Å². The fraction of sp³-hybridized carbons (Fsp3) is 0.435. The van der Waals surface area contributed by atoms with Gasteiger partial charge in [0.15, 0.2) is 0 Å². The predicted molar refractivity (Wildman–Crippen MR) is 109 cm³/mol. The van der Waals surface area contributed by atoms with E-state index in [9.17, 15) is 15.0 Å². The van der Waals surface area contributed by atoms with Crippen LogP contribution in [0.15, 0.2) is 48.5 Å². The van der Waals surface area contributed by atoms with Crippen molar-refractivity contribution in [1.29, 1.82) is 0 Å². The molecule has 3 rings (SSSR count). The van der Waals surface area contributed by atoms with Crippen LogP contribution in [0.2, 0.25) is 0 Å². The molecule has 2 atom stereocenters. The lowest BCUT2D eigenvalue weighted by atomic mass is 9.74. The summed E-state index contributed by atoms with van der Waals surface area (Å²) in [5.74, 6) is 0.728. The molecule has 1 heterocycles. The molecule has 0 spiro atoms. The summed E-state index contributed by atoms with van der Waals surface area (Å²) in [5.41, 5.74) is 1.95. The van der Waals surface area contributed by atoms with Crippen LogP contribution in [0.3, 0.4) is 0 Å². The molecule has 5 nitrogen and oxygen atoms in total. The number of likely N-dealkylation sites (tertiary alicyclic amines) is 1. The lowest BCUT2D eigenvalue weighted by Gasteiger charge is -2.45. The first-order valence-corrected chi connectivity index (χ1v) is 9.86. The molecule has 0 aliphatic carbocycles. The van der Waals surface area contributed by atoms with E-state index in [1.54, 1.807) is 12.0 Å². The maximum absolute atomic E-state index is 13.0. The van der Waals surface area contributed by atoms with Crippen molar-refractivity contribution in [1.82, 2.24) is 4.90 Å². The van der Waals surface area contributed by atoms with Gasteiger partial charge in [-0.25, -0.2) is 0 Å². The highest BCUT2D eigenvalue weighted by Crippen LogP contribution is 2.35. The molecular formula is C23H29NO4. The zero-order chi connectivity index (χ0) is 20.1. The molecule has 1 aliphatic rings. The Morgan fingerprint density at radius 3 is 2.57 bits per heavy atom. The van der Waals surface area contributed by atoms with E-state index in [1.165, 1.54) is 0 Å². The Balaban J connectivity index is 1.79. The molecule has 2 aromatic carbocycles. The van der Waals surface area contributed by atoms with Gasteiger partial charge in [0.25, 0.3) is 5.91 Å². The van der Waals surface area contributed by atoms with Gasteiger partial charge in [-0.15, -0.1) is 0 Å². The van der Waals surface area contributed by atoms with Gasteiger partial charge in [0.1, 0.15) is 5.75 Å². The second kappa shape index (κ2) is 8.76. The Morgan fingerprint density at radius 1 is 1.21 bits per heavy atom. The van der Waals surface area contributed by atoms with E-state index in [0.717, 1.165) is 23.3 Å². The Hall–Kier alpha value is -2.37. The first-order valence-electron chi connectivity index (χ1n) is 9.86. The molecule has 1 saturated heterocycles. The SMILES string of the molecule is CCC[C@@]1(CO)CN(C(=O)c2ccc(-c3ccccc3OC)cc2)CC[C@H]1O. The Bertz CT molecular complexity index is 805. The number of nitrogens with zero attached hydrogens (tertiary/aromatic N) is 1. The molecule has 1 amide bonds. The zero-order valence-corrected chi connectivity index (χ0v) is 16.6. The molecule has 0 aromatic heterocycles. The van der Waals surface area contributed by atoms with Crippen LogP contribution in [0.25, 0.3) is 11.1 Å². The summed E-state index contributed by atoms with van der Waals surface area (Å²) in [6.07, 6.45) is 1.47. The van der Waals surface area contributed by atoms with Gasteiger partial charge in [0, 0.05) is 29.6 Å². The molecule has 150 valence electrons. The largest absolute Gasteiger partial charge is 0.496 e. The molecule has 0 saturated carbocycles. The van der Waals surface area contributed by atoms with Crippen LogP contribution in [0.5, 0.6) is 5.75 Å². The van der Waals surface area contributed by atoms with Gasteiger partial charge in [0.2, 0.25) is 0 Å². The molecule has 0 unspecified atom stereocenters. The molecule has 1 fully saturated rings. The molecule has 2 N–H and O–H groups in total. The van der Waals surface area contributed by atoms with Crippen LogP contribution in [0, 0.1) is 5.41 Å². The highest BCUT2D eigenvalue weighted by molar-refractivity contribution is 5.95. The number of rotatable bonds is 6. The van der Waals surface area contributed by atoms with Crippen molar-refractivity contribution in [3.63, 3.8) is 0 Å². The van der Waals surface area contributed by atoms with Crippen LogP contribution in [-0.2, 0) is 0 Å². The second-order valence-electron chi connectivity index (χ2n) is 7.58. The van der Waals surface area contributed by atoms with E-state index < -0.39 is 11.5 Å². The molecule has 5 heteroatoms. The fourth-order valence-electron chi connectivity index (χ4n) is 4.16. The summed E-state index contributed by atoms with van der Waals surface area (Å²) in [7, 11) is 1.64. The van der Waals surface area contributed by atoms with Crippen LogP contribution in [0.1, 0.15) is 36.5 Å². The third-order valence-corrected chi connectivity index (χ3v) is 5.78. The minimum absolute atomic E-state index is 0.0626. The zero-order valence-electron chi connectivity index (χ0n) is 16.6. The van der Waals surface area contributed by atoms with Crippen molar-refractivity contribution in [3.05, 3.63) is 54.1 Å². The number of hydrogen-bond acceptors (Lipinski definition) is 4. The average molecular weight is 383 g/mol. The molecule has 1 aliphatic heterocycles. The first-order chi connectivity index (χ1) is 13.5. The Labute approximate surface area is 166 Å². The van der Waals surface area contributed by atoms with Gasteiger partial charge in [-0.05, 0) is 36.6 Å². The predicted octanol–water partition coefficient (Wildman–Crippen LogP) is 3.35. The van der Waals surface area contributed by atoms with Gasteiger partial charge in [-0.2, -0.15) is 0 Å². The number of ether oxygens (including phenoxy) is 1. The Morgan fingerprint density at radius 2 is 1.93 bits per heavy atom. The number of para-hydroxylation sites is 1. The maximum atomic E-state index is 13.0. The minimum Gasteiger partial charge on any atom is -0.496 e. The maximum Gasteiger partial charge on any atom is 0.253 e. The van der Waals surface area contributed by atoms with E-state index >= 15 is 0 Å². The lowest BCUT2D eigenvalue weighted by Crippen LogP contribution is -2.55. The van der Waals surface area contributed by atoms with Crippen molar-refractivity contribution in [2.24, 2.45) is 5.41 Å². The highest BCUT2D eigenvalue weighted by Gasteiger charge is 2.43. The van der Waals surface area contributed by atoms with E-state index in [-0.39, 0.29) is 12.5 Å². The number of methoxy groups -OCH3 is 1. The first kappa shape index (κ1) is 20.4. The van der Waals surface area contributed by atoms with Gasteiger partial charge in [-0.1, -0.05) is 43.7 Å². The monoisotopic (exact) mass is 383 g/mol. The number of aliphatic hydroxyl groups is 2. The second-order valence-corrected chi connectivity index (χ2v) is 7.58. The van der Waals surface area contributed by atoms with Crippen molar-refractivity contribution in [2.45, 2.75) is 32.3 Å². The molecule has 28 heavy (non-hydrogen) atoms. The van der Waals surface area contributed by atoms with E-state index in [2.05, 4.69) is 0 Å². The quantitative estimate of drug-likeness (QED) is 0.803. The average Bonchev–Trinajstić information content (AvgIpc) is 2.75. The molecular weight excluding hydrogens is 354 g/mol. The number of hydrogen-bond donors (Lipinski definition) is 2. The summed E-state index contributed by atoms with van der Waals surface area (Å²) >= 11 is 0. The fourth-order valence-corrected chi connectivity index (χ4v) is 4.16. The summed E-state index contributed by atoms with van der Waals surface area (Å²) < 4.78 is 5.42. The van der Waals surface area contributed by atoms with E-state index in [4.69, 9.17) is 4.74 Å². The normalized spacial score (nSPS) is 22.1. The number of aliphatic hydroxyl groups excluding tert-OH is 2. The lowest BCUT2D eigenvalue weighted by molar-refractivity contribution is -0.0720. The Kier molecular flexibility index (Phi) is 6.37. The van der Waals surface area contributed by atoms with E-state index in [1.807, 2.05) is 55.5 Å². The standard InChI is InChI=1S/C23H29NO4/c1-3-13-23(16-25)15-24(14-12-21(23)26)22(27)18-10-8-17(9-11-18)19-6-4-5-7-20(19)28-2/h4-11,21,25-26H,3,12-16H2,1-2H3/t21-,23+/m1/s1. The van der Waals surface area contributed by atoms with Crippen LogP contribution in [-0.4, -0.2) is 53.9 Å². The van der Waals surface area contributed by atoms with E-state index in [0.29, 0.717) is 31.5 Å².